The number of hydrogen-bond acceptors (Lipinski definition) is 5. The first-order chi connectivity index (χ1) is 12.8. The van der Waals surface area contributed by atoms with Crippen LogP contribution in [0.2, 0.25) is 0 Å². The van der Waals surface area contributed by atoms with Gasteiger partial charge >= 0.3 is 0 Å². The fraction of sp³-hybridized carbons (Fsp3) is 0.474. The highest BCUT2D eigenvalue weighted by atomic mass is 32.2. The fourth-order valence-electron chi connectivity index (χ4n) is 2.56. The minimum Gasteiger partial charge on any atom is -0.298 e. The molecule has 27 heavy (non-hydrogen) atoms. The smallest absolute Gasteiger partial charge is 0.257 e. The van der Waals surface area contributed by atoms with E-state index >= 15 is 0 Å². The molecule has 1 N–H and O–H groups in total. The van der Waals surface area contributed by atoms with Crippen LogP contribution in [-0.4, -0.2) is 36.7 Å². The maximum absolute atomic E-state index is 12.8. The van der Waals surface area contributed by atoms with Crippen molar-refractivity contribution in [1.29, 1.82) is 0 Å². The summed E-state index contributed by atoms with van der Waals surface area (Å²) in [6.45, 7) is 8.96. The molecule has 1 aromatic carbocycles. The van der Waals surface area contributed by atoms with E-state index in [-0.39, 0.29) is 10.8 Å². The third kappa shape index (κ3) is 5.37. The number of nitrogens with one attached hydrogen (secondary N) is 1. The van der Waals surface area contributed by atoms with E-state index in [9.17, 15) is 13.2 Å². The number of sulfonamides is 1. The van der Waals surface area contributed by atoms with Crippen molar-refractivity contribution in [3.05, 3.63) is 40.9 Å². The molecule has 2 rings (SSSR count). The average molecular weight is 410 g/mol. The molecule has 0 aliphatic rings. The Morgan fingerprint density at radius 1 is 1.15 bits per heavy atom. The zero-order valence-corrected chi connectivity index (χ0v) is 17.9. The van der Waals surface area contributed by atoms with Crippen molar-refractivity contribution < 1.29 is 13.2 Å². The summed E-state index contributed by atoms with van der Waals surface area (Å²) in [5.41, 5.74) is 1.33. The van der Waals surface area contributed by atoms with Gasteiger partial charge in [0.1, 0.15) is 0 Å². The van der Waals surface area contributed by atoms with Crippen LogP contribution in [0.15, 0.2) is 34.5 Å². The second kappa shape index (κ2) is 9.43. The summed E-state index contributed by atoms with van der Waals surface area (Å²) >= 11 is 1.38. The van der Waals surface area contributed by atoms with Crippen molar-refractivity contribution in [2.45, 2.75) is 51.3 Å². The van der Waals surface area contributed by atoms with E-state index < -0.39 is 10.0 Å². The minimum atomic E-state index is -3.54. The van der Waals surface area contributed by atoms with Gasteiger partial charge in [-0.15, -0.1) is 11.3 Å². The first-order valence-corrected chi connectivity index (χ1v) is 11.5. The lowest BCUT2D eigenvalue weighted by molar-refractivity contribution is 0.102. The summed E-state index contributed by atoms with van der Waals surface area (Å²) in [5, 5.41) is 5.23. The molecule has 1 heterocycles. The van der Waals surface area contributed by atoms with Crippen molar-refractivity contribution in [1.82, 2.24) is 9.29 Å². The number of carbonyl (C=O) groups is 1. The summed E-state index contributed by atoms with van der Waals surface area (Å²) in [6, 6.07) is 6.05. The Morgan fingerprint density at radius 3 is 2.22 bits per heavy atom. The number of nitrogens with zero attached hydrogens (tertiary/aromatic N) is 2. The number of benzene rings is 1. The molecule has 0 saturated carbocycles. The van der Waals surface area contributed by atoms with E-state index in [1.54, 1.807) is 0 Å². The van der Waals surface area contributed by atoms with Gasteiger partial charge in [0.2, 0.25) is 10.0 Å². The average Bonchev–Trinajstić information content (AvgIpc) is 3.10. The Bertz CT molecular complexity index is 853. The highest BCUT2D eigenvalue weighted by Gasteiger charge is 2.23. The number of carbonyl (C=O) groups excluding carboxylic acids is 1. The molecule has 0 saturated heterocycles. The maximum Gasteiger partial charge on any atom is 0.257 e. The van der Waals surface area contributed by atoms with Gasteiger partial charge in [-0.1, -0.05) is 27.7 Å². The molecule has 0 aliphatic carbocycles. The SMILES string of the molecule is CCCN(CCC)S(=O)(=O)c1ccc(C(=O)Nc2nc(C(C)C)cs2)cc1. The molecule has 0 atom stereocenters. The van der Waals surface area contributed by atoms with Gasteiger partial charge in [-0.25, -0.2) is 13.4 Å². The van der Waals surface area contributed by atoms with Gasteiger partial charge in [0.15, 0.2) is 5.13 Å². The Kier molecular flexibility index (Phi) is 7.52. The first-order valence-electron chi connectivity index (χ1n) is 9.16. The minimum absolute atomic E-state index is 0.206. The molecular weight excluding hydrogens is 382 g/mol. The Balaban J connectivity index is 2.14. The third-order valence-corrected chi connectivity index (χ3v) is 6.72. The largest absolute Gasteiger partial charge is 0.298 e. The maximum atomic E-state index is 12.8. The van der Waals surface area contributed by atoms with Crippen molar-refractivity contribution >= 4 is 32.4 Å². The van der Waals surface area contributed by atoms with Crippen LogP contribution in [-0.2, 0) is 10.0 Å². The standard InChI is InChI=1S/C19H27N3O3S2/c1-5-11-22(12-6-2)27(24,25)16-9-7-15(8-10-16)18(23)21-19-20-17(13-26-19)14(3)4/h7-10,13-14H,5-6,11-12H2,1-4H3,(H,20,21,23). The van der Waals surface area contributed by atoms with Gasteiger partial charge in [0.05, 0.1) is 10.6 Å². The third-order valence-electron chi connectivity index (χ3n) is 4.03. The number of anilines is 1. The normalized spacial score (nSPS) is 11.9. The van der Waals surface area contributed by atoms with Crippen LogP contribution < -0.4 is 5.32 Å². The van der Waals surface area contributed by atoms with E-state index in [1.165, 1.54) is 39.9 Å². The predicted octanol–water partition coefficient (Wildman–Crippen LogP) is 4.33. The summed E-state index contributed by atoms with van der Waals surface area (Å²) < 4.78 is 27.0. The second-order valence-electron chi connectivity index (χ2n) is 6.61. The van der Waals surface area contributed by atoms with Crippen LogP contribution in [0.25, 0.3) is 0 Å². The van der Waals surface area contributed by atoms with Crippen LogP contribution >= 0.6 is 11.3 Å². The van der Waals surface area contributed by atoms with Crippen LogP contribution in [0, 0.1) is 0 Å². The second-order valence-corrected chi connectivity index (χ2v) is 9.41. The molecule has 6 nitrogen and oxygen atoms in total. The van der Waals surface area contributed by atoms with Crippen molar-refractivity contribution in [3.8, 4) is 0 Å². The number of aromatic nitrogens is 1. The molecular formula is C19H27N3O3S2. The topological polar surface area (TPSA) is 79.4 Å². The number of amides is 1. The molecule has 148 valence electrons. The lowest BCUT2D eigenvalue weighted by atomic mass is 10.2. The molecule has 0 aliphatic heterocycles. The summed E-state index contributed by atoms with van der Waals surface area (Å²) in [5.74, 6) is -0.00634. The van der Waals surface area contributed by atoms with Gasteiger partial charge in [-0.05, 0) is 43.0 Å². The Labute approximate surface area is 165 Å². The van der Waals surface area contributed by atoms with Crippen molar-refractivity contribution in [3.63, 3.8) is 0 Å². The number of hydrogen-bond donors (Lipinski definition) is 1. The molecule has 0 spiro atoms. The molecule has 1 aromatic heterocycles. The van der Waals surface area contributed by atoms with E-state index in [0.29, 0.717) is 29.7 Å². The molecule has 8 heteroatoms. The van der Waals surface area contributed by atoms with E-state index in [4.69, 9.17) is 0 Å². The molecule has 0 fully saturated rings. The predicted molar refractivity (Wildman–Crippen MR) is 110 cm³/mol. The van der Waals surface area contributed by atoms with E-state index in [1.807, 2.05) is 33.1 Å². The lowest BCUT2D eigenvalue weighted by Crippen LogP contribution is -2.32. The molecule has 1 amide bonds. The van der Waals surface area contributed by atoms with Gasteiger partial charge in [-0.2, -0.15) is 4.31 Å². The van der Waals surface area contributed by atoms with E-state index in [0.717, 1.165) is 18.5 Å². The van der Waals surface area contributed by atoms with Gasteiger partial charge in [0.25, 0.3) is 5.91 Å². The molecule has 0 radical (unpaired) electrons. The van der Waals surface area contributed by atoms with Crippen LogP contribution in [0.3, 0.4) is 0 Å². The zero-order valence-electron chi connectivity index (χ0n) is 16.2. The van der Waals surface area contributed by atoms with Crippen LogP contribution in [0.4, 0.5) is 5.13 Å². The Hall–Kier alpha value is -1.77. The van der Waals surface area contributed by atoms with Gasteiger partial charge < -0.3 is 0 Å². The van der Waals surface area contributed by atoms with Gasteiger partial charge in [0, 0.05) is 24.0 Å². The zero-order chi connectivity index (χ0) is 20.0. The highest BCUT2D eigenvalue weighted by molar-refractivity contribution is 7.89. The van der Waals surface area contributed by atoms with E-state index in [2.05, 4.69) is 10.3 Å². The summed E-state index contributed by atoms with van der Waals surface area (Å²) in [4.78, 5) is 17.0. The van der Waals surface area contributed by atoms with Crippen LogP contribution in [0.5, 0.6) is 0 Å². The number of rotatable bonds is 9. The molecule has 2 aromatic rings. The van der Waals surface area contributed by atoms with Crippen molar-refractivity contribution in [2.75, 3.05) is 18.4 Å². The lowest BCUT2D eigenvalue weighted by Gasteiger charge is -2.21. The van der Waals surface area contributed by atoms with Crippen LogP contribution in [0.1, 0.15) is 62.5 Å². The summed E-state index contributed by atoms with van der Waals surface area (Å²) in [7, 11) is -3.54. The summed E-state index contributed by atoms with van der Waals surface area (Å²) in [6.07, 6.45) is 1.51. The monoisotopic (exact) mass is 409 g/mol. The molecule has 0 bridgehead atoms. The fourth-order valence-corrected chi connectivity index (χ4v) is 5.05. The Morgan fingerprint density at radius 2 is 1.74 bits per heavy atom. The highest BCUT2D eigenvalue weighted by Crippen LogP contribution is 2.22. The van der Waals surface area contributed by atoms with Gasteiger partial charge in [-0.3, -0.25) is 10.1 Å². The quantitative estimate of drug-likeness (QED) is 0.668. The number of thiazole rings is 1. The van der Waals surface area contributed by atoms with Crippen molar-refractivity contribution in [2.24, 2.45) is 0 Å². The first kappa shape index (κ1) is 21.5. The molecule has 0 unspecified atom stereocenters.